The molecule has 1 aliphatic heterocycles. The van der Waals surface area contributed by atoms with Gasteiger partial charge in [0.05, 0.1) is 11.5 Å². The fourth-order valence-corrected chi connectivity index (χ4v) is 5.95. The number of nitrogens with zero attached hydrogens (tertiary/aromatic N) is 2. The minimum absolute atomic E-state index is 0. The number of aliphatic imine (C=N–C) groups is 1. The Bertz CT molecular complexity index is 779. The summed E-state index contributed by atoms with van der Waals surface area (Å²) in [5.74, 6) is 1.12. The van der Waals surface area contributed by atoms with E-state index in [-0.39, 0.29) is 41.5 Å². The van der Waals surface area contributed by atoms with Gasteiger partial charge in [0.25, 0.3) is 0 Å². The lowest BCUT2D eigenvalue weighted by Crippen LogP contribution is -2.43. The van der Waals surface area contributed by atoms with Crippen LogP contribution in [0, 0.1) is 0 Å². The quantitative estimate of drug-likeness (QED) is 0.334. The lowest BCUT2D eigenvalue weighted by molar-refractivity contribution is 0.184. The van der Waals surface area contributed by atoms with Gasteiger partial charge in [-0.1, -0.05) is 43.5 Å². The van der Waals surface area contributed by atoms with Crippen LogP contribution in [0.5, 0.6) is 0 Å². The highest BCUT2D eigenvalue weighted by atomic mass is 127. The average molecular weight is 535 g/mol. The van der Waals surface area contributed by atoms with Gasteiger partial charge in [0.2, 0.25) is 0 Å². The molecular formula is C21H35IN4O2S. The van der Waals surface area contributed by atoms with Gasteiger partial charge in [0.15, 0.2) is 15.8 Å². The first kappa shape index (κ1) is 24.4. The molecule has 29 heavy (non-hydrogen) atoms. The SMILES string of the molecule is CN=C(NCc1ccccc1CN(C)C1CCCCC1)NC1CCS(=O)(=O)C1.I. The molecule has 1 saturated carbocycles. The fraction of sp³-hybridized carbons (Fsp3) is 0.667. The van der Waals surface area contributed by atoms with Crippen molar-refractivity contribution in [3.63, 3.8) is 0 Å². The smallest absolute Gasteiger partial charge is 0.191 e. The van der Waals surface area contributed by atoms with Crippen LogP contribution in [0.4, 0.5) is 0 Å². The van der Waals surface area contributed by atoms with Crippen LogP contribution in [-0.4, -0.2) is 57.0 Å². The van der Waals surface area contributed by atoms with Crippen molar-refractivity contribution in [1.29, 1.82) is 0 Å². The zero-order valence-corrected chi connectivity index (χ0v) is 20.7. The molecule has 2 aliphatic rings. The van der Waals surface area contributed by atoms with E-state index < -0.39 is 9.84 Å². The molecule has 0 aromatic heterocycles. The van der Waals surface area contributed by atoms with Crippen molar-refractivity contribution in [2.45, 2.75) is 63.7 Å². The molecule has 0 amide bonds. The van der Waals surface area contributed by atoms with Gasteiger partial charge in [-0.25, -0.2) is 8.42 Å². The molecule has 1 aromatic rings. The normalized spacial score (nSPS) is 22.3. The predicted octanol–water partition coefficient (Wildman–Crippen LogP) is 2.92. The van der Waals surface area contributed by atoms with Crippen molar-refractivity contribution in [1.82, 2.24) is 15.5 Å². The van der Waals surface area contributed by atoms with E-state index in [9.17, 15) is 8.42 Å². The zero-order valence-electron chi connectivity index (χ0n) is 17.6. The lowest BCUT2D eigenvalue weighted by Gasteiger charge is -2.31. The summed E-state index contributed by atoms with van der Waals surface area (Å²) < 4.78 is 23.3. The summed E-state index contributed by atoms with van der Waals surface area (Å²) in [4.78, 5) is 6.76. The molecule has 1 aromatic carbocycles. The first-order chi connectivity index (χ1) is 13.5. The number of rotatable bonds is 6. The van der Waals surface area contributed by atoms with E-state index in [4.69, 9.17) is 0 Å². The molecule has 0 radical (unpaired) electrons. The Morgan fingerprint density at radius 1 is 1.14 bits per heavy atom. The average Bonchev–Trinajstić information content (AvgIpc) is 3.05. The predicted molar refractivity (Wildman–Crippen MR) is 131 cm³/mol. The fourth-order valence-electron chi connectivity index (χ4n) is 4.28. The summed E-state index contributed by atoms with van der Waals surface area (Å²) in [6.07, 6.45) is 7.31. The third kappa shape index (κ3) is 7.40. The Balaban J connectivity index is 0.00000300. The number of hydrogen-bond acceptors (Lipinski definition) is 4. The maximum Gasteiger partial charge on any atom is 0.191 e. The molecule has 1 heterocycles. The van der Waals surface area contributed by atoms with Crippen molar-refractivity contribution in [3.8, 4) is 0 Å². The molecule has 1 aliphatic carbocycles. The molecule has 1 saturated heterocycles. The van der Waals surface area contributed by atoms with E-state index in [1.54, 1.807) is 7.05 Å². The minimum Gasteiger partial charge on any atom is -0.353 e. The van der Waals surface area contributed by atoms with Gasteiger partial charge in [0.1, 0.15) is 0 Å². The van der Waals surface area contributed by atoms with Gasteiger partial charge in [-0.15, -0.1) is 24.0 Å². The molecule has 164 valence electrons. The van der Waals surface area contributed by atoms with Gasteiger partial charge in [-0.3, -0.25) is 9.89 Å². The van der Waals surface area contributed by atoms with Crippen molar-refractivity contribution in [2.24, 2.45) is 4.99 Å². The number of benzene rings is 1. The molecule has 1 unspecified atom stereocenters. The summed E-state index contributed by atoms with van der Waals surface area (Å²) in [5, 5.41) is 6.61. The standard InChI is InChI=1S/C21H34N4O2S.HI/c1-22-21(24-19-12-13-28(26,27)16-19)23-14-17-8-6-7-9-18(17)15-25(2)20-10-4-3-5-11-20;/h6-9,19-20H,3-5,10-16H2,1-2H3,(H2,22,23,24);1H. The monoisotopic (exact) mass is 534 g/mol. The van der Waals surface area contributed by atoms with E-state index in [1.807, 2.05) is 0 Å². The number of halogens is 1. The second-order valence-corrected chi connectivity index (χ2v) is 10.4. The molecule has 0 spiro atoms. The van der Waals surface area contributed by atoms with Crippen LogP contribution in [0.2, 0.25) is 0 Å². The van der Waals surface area contributed by atoms with Crippen LogP contribution in [-0.2, 0) is 22.9 Å². The summed E-state index contributed by atoms with van der Waals surface area (Å²) in [6.45, 7) is 1.63. The highest BCUT2D eigenvalue weighted by Crippen LogP contribution is 2.23. The van der Waals surface area contributed by atoms with E-state index in [2.05, 4.69) is 51.8 Å². The Labute approximate surface area is 192 Å². The van der Waals surface area contributed by atoms with Crippen LogP contribution in [0.1, 0.15) is 49.7 Å². The molecule has 2 fully saturated rings. The van der Waals surface area contributed by atoms with E-state index >= 15 is 0 Å². The van der Waals surface area contributed by atoms with Crippen molar-refractivity contribution < 1.29 is 8.42 Å². The Kier molecular flexibility index (Phi) is 9.68. The first-order valence-corrected chi connectivity index (χ1v) is 12.2. The molecule has 6 nitrogen and oxygen atoms in total. The molecule has 1 atom stereocenters. The van der Waals surface area contributed by atoms with Gasteiger partial charge < -0.3 is 10.6 Å². The first-order valence-electron chi connectivity index (χ1n) is 10.4. The van der Waals surface area contributed by atoms with Crippen LogP contribution in [0.15, 0.2) is 29.3 Å². The zero-order chi connectivity index (χ0) is 20.0. The van der Waals surface area contributed by atoms with E-state index in [1.165, 1.54) is 43.2 Å². The summed E-state index contributed by atoms with van der Waals surface area (Å²) in [6, 6.07) is 9.17. The molecule has 0 bridgehead atoms. The third-order valence-corrected chi connectivity index (χ3v) is 7.75. The Morgan fingerprint density at radius 2 is 1.83 bits per heavy atom. The molecule has 8 heteroatoms. The van der Waals surface area contributed by atoms with Gasteiger partial charge in [-0.2, -0.15) is 0 Å². The van der Waals surface area contributed by atoms with Crippen LogP contribution < -0.4 is 10.6 Å². The van der Waals surface area contributed by atoms with Crippen LogP contribution in [0.25, 0.3) is 0 Å². The summed E-state index contributed by atoms with van der Waals surface area (Å²) in [5.41, 5.74) is 2.59. The molecule has 3 rings (SSSR count). The molecule has 2 N–H and O–H groups in total. The summed E-state index contributed by atoms with van der Waals surface area (Å²) >= 11 is 0. The number of hydrogen-bond donors (Lipinski definition) is 2. The van der Waals surface area contributed by atoms with E-state index in [0.717, 1.165) is 6.54 Å². The number of sulfone groups is 1. The van der Waals surface area contributed by atoms with Gasteiger partial charge in [-0.05, 0) is 37.4 Å². The maximum atomic E-state index is 11.7. The largest absolute Gasteiger partial charge is 0.353 e. The highest BCUT2D eigenvalue weighted by Gasteiger charge is 2.28. The molecular weight excluding hydrogens is 499 g/mol. The van der Waals surface area contributed by atoms with Crippen LogP contribution in [0.3, 0.4) is 0 Å². The highest BCUT2D eigenvalue weighted by molar-refractivity contribution is 14.0. The van der Waals surface area contributed by atoms with Gasteiger partial charge >= 0.3 is 0 Å². The van der Waals surface area contributed by atoms with E-state index in [0.29, 0.717) is 25.0 Å². The summed E-state index contributed by atoms with van der Waals surface area (Å²) in [7, 11) is 1.06. The lowest BCUT2D eigenvalue weighted by atomic mass is 9.94. The van der Waals surface area contributed by atoms with Crippen molar-refractivity contribution >= 4 is 39.8 Å². The second-order valence-electron chi connectivity index (χ2n) is 8.15. The minimum atomic E-state index is -2.90. The maximum absolute atomic E-state index is 11.7. The second kappa shape index (κ2) is 11.5. The topological polar surface area (TPSA) is 73.8 Å². The number of nitrogens with one attached hydrogen (secondary N) is 2. The Morgan fingerprint density at radius 3 is 2.45 bits per heavy atom. The number of guanidine groups is 1. The third-order valence-electron chi connectivity index (χ3n) is 5.98. The Hall–Kier alpha value is -0.870. The van der Waals surface area contributed by atoms with Crippen LogP contribution >= 0.6 is 24.0 Å². The van der Waals surface area contributed by atoms with Gasteiger partial charge in [0, 0.05) is 32.2 Å². The van der Waals surface area contributed by atoms with Crippen molar-refractivity contribution in [3.05, 3.63) is 35.4 Å². The van der Waals surface area contributed by atoms with Crippen molar-refractivity contribution in [2.75, 3.05) is 25.6 Å².